The number of rotatable bonds is 3. The average molecular weight is 414 g/mol. The molecule has 0 bridgehead atoms. The molecule has 1 amide bonds. The Bertz CT molecular complexity index is 1210. The van der Waals surface area contributed by atoms with E-state index < -0.39 is 17.8 Å². The summed E-state index contributed by atoms with van der Waals surface area (Å²) >= 11 is 1.41. The summed E-state index contributed by atoms with van der Waals surface area (Å²) in [5, 5.41) is 5.29. The van der Waals surface area contributed by atoms with Crippen LogP contribution in [0.3, 0.4) is 0 Å². The lowest BCUT2D eigenvalue weighted by Crippen LogP contribution is -2.17. The monoisotopic (exact) mass is 414 g/mol. The molecule has 1 aromatic carbocycles. The van der Waals surface area contributed by atoms with E-state index >= 15 is 0 Å². The Morgan fingerprint density at radius 2 is 1.83 bits per heavy atom. The smallest absolute Gasteiger partial charge is 0.306 e. The highest BCUT2D eigenvalue weighted by molar-refractivity contribution is 7.17. The Balaban J connectivity index is 1.72. The fraction of sp³-hybridized carbons (Fsp3) is 0.100. The van der Waals surface area contributed by atoms with Crippen molar-refractivity contribution in [3.8, 4) is 11.1 Å². The molecule has 146 valence electrons. The summed E-state index contributed by atoms with van der Waals surface area (Å²) in [6.45, 7) is 1.36. The Labute approximate surface area is 167 Å². The number of hydrogen-bond acceptors (Lipinski definition) is 5. The second-order valence-corrected chi connectivity index (χ2v) is 7.06. The van der Waals surface area contributed by atoms with Gasteiger partial charge < -0.3 is 5.32 Å². The number of aromatic nitrogens is 3. The van der Waals surface area contributed by atoms with E-state index in [0.29, 0.717) is 16.0 Å². The number of fused-ring (bicyclic) bond motifs is 1. The highest BCUT2D eigenvalue weighted by Crippen LogP contribution is 2.36. The second kappa shape index (κ2) is 7.25. The van der Waals surface area contributed by atoms with Crippen LogP contribution >= 0.6 is 11.3 Å². The minimum atomic E-state index is -4.57. The van der Waals surface area contributed by atoms with E-state index in [4.69, 9.17) is 0 Å². The zero-order chi connectivity index (χ0) is 20.6. The number of aryl methyl sites for hydroxylation is 1. The van der Waals surface area contributed by atoms with Gasteiger partial charge in [0.15, 0.2) is 0 Å². The van der Waals surface area contributed by atoms with E-state index in [-0.39, 0.29) is 11.3 Å². The summed E-state index contributed by atoms with van der Waals surface area (Å²) in [4.78, 5) is 25.3. The van der Waals surface area contributed by atoms with Gasteiger partial charge in [-0.3, -0.25) is 4.79 Å². The molecule has 0 spiro atoms. The average Bonchev–Trinajstić information content (AvgIpc) is 3.13. The molecule has 9 heteroatoms. The molecule has 3 aromatic heterocycles. The number of amides is 1. The van der Waals surface area contributed by atoms with Crippen LogP contribution in [0.2, 0.25) is 0 Å². The lowest BCUT2D eigenvalue weighted by Gasteiger charge is -2.11. The summed E-state index contributed by atoms with van der Waals surface area (Å²) in [6.07, 6.45) is -3.24. The van der Waals surface area contributed by atoms with Crippen LogP contribution in [0.4, 0.5) is 19.0 Å². The molecule has 0 radical (unpaired) electrons. The van der Waals surface area contributed by atoms with Gasteiger partial charge in [-0.1, -0.05) is 30.3 Å². The topological polar surface area (TPSA) is 67.8 Å². The molecule has 0 aliphatic carbocycles. The number of nitrogens with one attached hydrogen (secondary N) is 1. The molecule has 5 nitrogen and oxygen atoms in total. The van der Waals surface area contributed by atoms with Gasteiger partial charge in [-0.15, -0.1) is 11.3 Å². The van der Waals surface area contributed by atoms with E-state index in [1.165, 1.54) is 24.6 Å². The van der Waals surface area contributed by atoms with Crippen LogP contribution in [0.15, 0.2) is 54.2 Å². The van der Waals surface area contributed by atoms with Crippen molar-refractivity contribution in [2.24, 2.45) is 0 Å². The number of alkyl halides is 3. The third-order valence-corrected chi connectivity index (χ3v) is 5.19. The van der Waals surface area contributed by atoms with Crippen LogP contribution in [0.5, 0.6) is 0 Å². The molecule has 3 heterocycles. The van der Waals surface area contributed by atoms with Gasteiger partial charge in [-0.05, 0) is 24.6 Å². The zero-order valence-electron chi connectivity index (χ0n) is 15.0. The summed E-state index contributed by atoms with van der Waals surface area (Å²) in [7, 11) is 0. The van der Waals surface area contributed by atoms with Crippen LogP contribution in [0, 0.1) is 6.92 Å². The van der Waals surface area contributed by atoms with Gasteiger partial charge in [0.1, 0.15) is 22.7 Å². The van der Waals surface area contributed by atoms with E-state index in [9.17, 15) is 18.0 Å². The predicted octanol–water partition coefficient (Wildman–Crippen LogP) is 5.33. The third-order valence-electron chi connectivity index (χ3n) is 4.31. The van der Waals surface area contributed by atoms with Crippen molar-refractivity contribution in [1.29, 1.82) is 0 Å². The Hall–Kier alpha value is -3.33. The molecule has 0 saturated carbocycles. The molecule has 0 unspecified atom stereocenters. The Morgan fingerprint density at radius 3 is 2.52 bits per heavy atom. The quantitative estimate of drug-likeness (QED) is 0.492. The van der Waals surface area contributed by atoms with Gasteiger partial charge in [-0.2, -0.15) is 13.2 Å². The van der Waals surface area contributed by atoms with Crippen molar-refractivity contribution in [2.75, 3.05) is 5.32 Å². The molecule has 4 aromatic rings. The maximum Gasteiger partial charge on any atom is 0.433 e. The fourth-order valence-corrected chi connectivity index (χ4v) is 3.85. The number of nitrogens with zero attached hydrogens (tertiary/aromatic N) is 3. The highest BCUT2D eigenvalue weighted by Gasteiger charge is 2.33. The standard InChI is InChI=1S/C20H13F3N4OS/c1-11-13(7-8-15(26-11)20(21,22)23)18(28)27-17-16-14(12-5-3-2-4-6-12)9-29-19(16)25-10-24-17/h2-10H,1H3,(H,24,25,27,28). The number of hydrogen-bond donors (Lipinski definition) is 1. The van der Waals surface area contributed by atoms with Crippen molar-refractivity contribution in [3.05, 3.63) is 71.1 Å². The van der Waals surface area contributed by atoms with Gasteiger partial charge >= 0.3 is 6.18 Å². The largest absolute Gasteiger partial charge is 0.433 e. The molecule has 0 aliphatic rings. The first kappa shape index (κ1) is 19.0. The molecular formula is C20H13F3N4OS. The summed E-state index contributed by atoms with van der Waals surface area (Å²) in [5.41, 5.74) is 0.790. The number of carbonyl (C=O) groups excluding carboxylic acids is 1. The summed E-state index contributed by atoms with van der Waals surface area (Å²) in [5.74, 6) is -0.298. The Morgan fingerprint density at radius 1 is 1.07 bits per heavy atom. The van der Waals surface area contributed by atoms with Gasteiger partial charge in [-0.25, -0.2) is 15.0 Å². The van der Waals surface area contributed by atoms with E-state index in [1.807, 2.05) is 35.7 Å². The maximum atomic E-state index is 12.8. The molecule has 0 fully saturated rings. The molecule has 1 N–H and O–H groups in total. The number of carbonyl (C=O) groups is 1. The summed E-state index contributed by atoms with van der Waals surface area (Å²) < 4.78 is 38.4. The molecule has 29 heavy (non-hydrogen) atoms. The van der Waals surface area contributed by atoms with Crippen molar-refractivity contribution < 1.29 is 18.0 Å². The van der Waals surface area contributed by atoms with Crippen molar-refractivity contribution in [2.45, 2.75) is 13.1 Å². The van der Waals surface area contributed by atoms with Crippen LogP contribution < -0.4 is 5.32 Å². The van der Waals surface area contributed by atoms with E-state index in [1.54, 1.807) is 0 Å². The first-order chi connectivity index (χ1) is 13.8. The van der Waals surface area contributed by atoms with Crippen molar-refractivity contribution >= 4 is 33.3 Å². The number of anilines is 1. The van der Waals surface area contributed by atoms with Gasteiger partial charge in [0.05, 0.1) is 16.6 Å². The maximum absolute atomic E-state index is 12.8. The van der Waals surface area contributed by atoms with Gasteiger partial charge in [0.2, 0.25) is 0 Å². The molecule has 0 saturated heterocycles. The third kappa shape index (κ3) is 3.68. The molecule has 0 atom stereocenters. The van der Waals surface area contributed by atoms with E-state index in [0.717, 1.165) is 23.3 Å². The number of halogens is 3. The Kier molecular flexibility index (Phi) is 4.75. The van der Waals surface area contributed by atoms with Crippen LogP contribution in [0.25, 0.3) is 21.3 Å². The van der Waals surface area contributed by atoms with E-state index in [2.05, 4.69) is 20.3 Å². The normalized spacial score (nSPS) is 11.6. The van der Waals surface area contributed by atoms with Crippen LogP contribution in [0.1, 0.15) is 21.7 Å². The van der Waals surface area contributed by atoms with Crippen molar-refractivity contribution in [3.63, 3.8) is 0 Å². The second-order valence-electron chi connectivity index (χ2n) is 6.20. The SMILES string of the molecule is Cc1nc(C(F)(F)F)ccc1C(=O)Nc1ncnc2scc(-c3ccccc3)c12. The first-order valence-corrected chi connectivity index (χ1v) is 9.36. The minimum absolute atomic E-state index is 0.0174. The fourth-order valence-electron chi connectivity index (χ4n) is 2.93. The lowest BCUT2D eigenvalue weighted by molar-refractivity contribution is -0.141. The zero-order valence-corrected chi connectivity index (χ0v) is 15.8. The van der Waals surface area contributed by atoms with Gasteiger partial charge in [0, 0.05) is 10.9 Å². The number of benzene rings is 1. The van der Waals surface area contributed by atoms with Crippen molar-refractivity contribution in [1.82, 2.24) is 15.0 Å². The van der Waals surface area contributed by atoms with Crippen LogP contribution in [-0.2, 0) is 6.18 Å². The first-order valence-electron chi connectivity index (χ1n) is 8.48. The molecular weight excluding hydrogens is 401 g/mol. The van der Waals surface area contributed by atoms with Gasteiger partial charge in [0.25, 0.3) is 5.91 Å². The minimum Gasteiger partial charge on any atom is -0.306 e. The predicted molar refractivity (Wildman–Crippen MR) is 105 cm³/mol. The summed E-state index contributed by atoms with van der Waals surface area (Å²) in [6, 6.07) is 11.5. The highest BCUT2D eigenvalue weighted by atomic mass is 32.1. The van der Waals surface area contributed by atoms with Crippen LogP contribution in [-0.4, -0.2) is 20.9 Å². The molecule has 0 aliphatic heterocycles. The number of thiophene rings is 1. The lowest BCUT2D eigenvalue weighted by atomic mass is 10.1. The number of pyridine rings is 1. The molecule has 4 rings (SSSR count).